The summed E-state index contributed by atoms with van der Waals surface area (Å²) in [4.78, 5) is 25.5. The maximum absolute atomic E-state index is 13.3. The fourth-order valence-corrected chi connectivity index (χ4v) is 7.88. The maximum atomic E-state index is 13.3. The van der Waals surface area contributed by atoms with Gasteiger partial charge in [0.1, 0.15) is 5.78 Å². The average molecular weight is 397 g/mol. The molecule has 2 saturated carbocycles. The van der Waals surface area contributed by atoms with E-state index in [4.69, 9.17) is 0 Å². The van der Waals surface area contributed by atoms with E-state index in [-0.39, 0.29) is 22.7 Å². The minimum absolute atomic E-state index is 0.149. The summed E-state index contributed by atoms with van der Waals surface area (Å²) in [5, 5.41) is 0. The summed E-state index contributed by atoms with van der Waals surface area (Å²) >= 11 is 0. The molecule has 0 N–H and O–H groups in total. The van der Waals surface area contributed by atoms with Crippen molar-refractivity contribution in [3.63, 3.8) is 0 Å². The van der Waals surface area contributed by atoms with Gasteiger partial charge >= 0.3 is 0 Å². The SMILES string of the molecule is CC(C)C(=O)CC[C@@H](C)[C@H]1CC[C@H]2[C@@H]3C(=O)C=C4C=CCC[C@]4(C)[C@H]3CC[C@]12C. The highest BCUT2D eigenvalue weighted by Gasteiger charge is 2.60. The molecular weight excluding hydrogens is 356 g/mol. The number of hydrogen-bond acceptors (Lipinski definition) is 2. The van der Waals surface area contributed by atoms with Crippen LogP contribution in [0.15, 0.2) is 23.8 Å². The van der Waals surface area contributed by atoms with Crippen molar-refractivity contribution in [2.75, 3.05) is 0 Å². The fourth-order valence-electron chi connectivity index (χ4n) is 7.88. The second-order valence-corrected chi connectivity index (χ2v) is 11.5. The van der Waals surface area contributed by atoms with E-state index in [0.29, 0.717) is 35.2 Å². The van der Waals surface area contributed by atoms with Gasteiger partial charge in [-0.15, -0.1) is 0 Å². The monoisotopic (exact) mass is 396 g/mol. The zero-order valence-corrected chi connectivity index (χ0v) is 19.2. The Morgan fingerprint density at radius 2 is 1.86 bits per heavy atom. The van der Waals surface area contributed by atoms with Gasteiger partial charge in [0.2, 0.25) is 0 Å². The van der Waals surface area contributed by atoms with Crippen LogP contribution in [0.4, 0.5) is 0 Å². The van der Waals surface area contributed by atoms with Crippen LogP contribution in [0.25, 0.3) is 0 Å². The Balaban J connectivity index is 1.55. The number of carbonyl (C=O) groups excluding carboxylic acids is 2. The van der Waals surface area contributed by atoms with E-state index >= 15 is 0 Å². The van der Waals surface area contributed by atoms with Crippen LogP contribution in [-0.4, -0.2) is 11.6 Å². The third-order valence-electron chi connectivity index (χ3n) is 9.75. The van der Waals surface area contributed by atoms with E-state index in [1.807, 2.05) is 19.9 Å². The molecule has 0 aliphatic heterocycles. The molecule has 0 amide bonds. The molecule has 0 unspecified atom stereocenters. The highest BCUT2D eigenvalue weighted by atomic mass is 16.1. The lowest BCUT2D eigenvalue weighted by molar-refractivity contribution is -0.133. The largest absolute Gasteiger partial charge is 0.299 e. The van der Waals surface area contributed by atoms with Crippen molar-refractivity contribution in [2.24, 2.45) is 46.3 Å². The highest BCUT2D eigenvalue weighted by molar-refractivity contribution is 5.95. The molecule has 160 valence electrons. The molecule has 29 heavy (non-hydrogen) atoms. The van der Waals surface area contributed by atoms with Crippen molar-refractivity contribution in [3.8, 4) is 0 Å². The van der Waals surface area contributed by atoms with Gasteiger partial charge in [0, 0.05) is 18.3 Å². The summed E-state index contributed by atoms with van der Waals surface area (Å²) in [6, 6.07) is 0. The average Bonchev–Trinajstić information content (AvgIpc) is 3.03. The Morgan fingerprint density at radius 1 is 1.10 bits per heavy atom. The van der Waals surface area contributed by atoms with Crippen molar-refractivity contribution < 1.29 is 9.59 Å². The number of rotatable bonds is 5. The molecule has 0 bridgehead atoms. The van der Waals surface area contributed by atoms with Gasteiger partial charge in [-0.3, -0.25) is 9.59 Å². The van der Waals surface area contributed by atoms with Crippen LogP contribution in [0.2, 0.25) is 0 Å². The van der Waals surface area contributed by atoms with Gasteiger partial charge in [-0.05, 0) is 91.1 Å². The number of hydrogen-bond donors (Lipinski definition) is 0. The van der Waals surface area contributed by atoms with Crippen molar-refractivity contribution in [1.82, 2.24) is 0 Å². The summed E-state index contributed by atoms with van der Waals surface area (Å²) in [6.45, 7) is 11.3. The Labute approximate surface area is 177 Å². The van der Waals surface area contributed by atoms with Gasteiger partial charge in [0.15, 0.2) is 5.78 Å². The quantitative estimate of drug-likeness (QED) is 0.528. The van der Waals surface area contributed by atoms with E-state index in [2.05, 4.69) is 32.9 Å². The third-order valence-corrected chi connectivity index (χ3v) is 9.75. The molecule has 4 rings (SSSR count). The molecule has 0 aromatic heterocycles. The molecular formula is C27H40O2. The lowest BCUT2D eigenvalue weighted by atomic mass is 9.47. The Morgan fingerprint density at radius 3 is 2.59 bits per heavy atom. The standard InChI is InChI=1S/C27H40O2/c1-17(2)23(28)12-9-18(3)20-10-11-21-25-22(13-15-27(20,21)5)26(4)14-7-6-8-19(26)16-24(25)29/h6,8,16-18,20-22,25H,7,9-15H2,1-5H3/t18-,20-,21+,22+,25+,26+,27-/m1/s1. The fraction of sp³-hybridized carbons (Fsp3) is 0.778. The van der Waals surface area contributed by atoms with Crippen LogP contribution in [0.3, 0.4) is 0 Å². The number of fused-ring (bicyclic) bond motifs is 5. The van der Waals surface area contributed by atoms with Crippen LogP contribution < -0.4 is 0 Å². The van der Waals surface area contributed by atoms with Gasteiger partial charge in [-0.1, -0.05) is 46.8 Å². The van der Waals surface area contributed by atoms with Gasteiger partial charge in [0.25, 0.3) is 0 Å². The first kappa shape index (κ1) is 21.1. The van der Waals surface area contributed by atoms with Gasteiger partial charge in [0.05, 0.1) is 0 Å². The number of ketones is 2. The van der Waals surface area contributed by atoms with E-state index in [1.54, 1.807) is 0 Å². The Hall–Kier alpha value is -1.18. The zero-order valence-electron chi connectivity index (χ0n) is 19.2. The van der Waals surface area contributed by atoms with Crippen molar-refractivity contribution in [2.45, 2.75) is 86.0 Å². The molecule has 4 aliphatic rings. The summed E-state index contributed by atoms with van der Waals surface area (Å²) in [6.07, 6.45) is 15.5. The molecule has 0 spiro atoms. The molecule has 2 heteroatoms. The summed E-state index contributed by atoms with van der Waals surface area (Å²) in [5.41, 5.74) is 1.76. The van der Waals surface area contributed by atoms with Crippen molar-refractivity contribution in [3.05, 3.63) is 23.8 Å². The maximum Gasteiger partial charge on any atom is 0.159 e. The summed E-state index contributed by atoms with van der Waals surface area (Å²) in [5.74, 6) is 3.47. The van der Waals surface area contributed by atoms with Crippen LogP contribution in [0, 0.1) is 46.3 Å². The number of Topliss-reactive ketones (excluding diaryl/α,β-unsaturated/α-hetero) is 1. The Kier molecular flexibility index (Phi) is 5.45. The van der Waals surface area contributed by atoms with E-state index in [9.17, 15) is 9.59 Å². The third kappa shape index (κ3) is 3.29. The second kappa shape index (κ2) is 7.50. The van der Waals surface area contributed by atoms with Crippen LogP contribution in [0.1, 0.15) is 86.0 Å². The molecule has 0 aromatic carbocycles. The zero-order chi connectivity index (χ0) is 21.0. The molecule has 0 heterocycles. The lowest BCUT2D eigenvalue weighted by Gasteiger charge is -2.56. The summed E-state index contributed by atoms with van der Waals surface area (Å²) < 4.78 is 0. The lowest BCUT2D eigenvalue weighted by Crippen LogP contribution is -2.52. The molecule has 0 saturated heterocycles. The van der Waals surface area contributed by atoms with Crippen LogP contribution in [0.5, 0.6) is 0 Å². The van der Waals surface area contributed by atoms with Crippen LogP contribution in [-0.2, 0) is 9.59 Å². The smallest absolute Gasteiger partial charge is 0.159 e. The predicted molar refractivity (Wildman–Crippen MR) is 118 cm³/mol. The van der Waals surface area contributed by atoms with E-state index in [1.165, 1.54) is 37.7 Å². The predicted octanol–water partition coefficient (Wildman–Crippen LogP) is 6.55. The first-order valence-electron chi connectivity index (χ1n) is 12.1. The molecule has 7 atom stereocenters. The number of allylic oxidation sites excluding steroid dienone is 4. The first-order chi connectivity index (χ1) is 13.7. The minimum atomic E-state index is 0.149. The summed E-state index contributed by atoms with van der Waals surface area (Å²) in [7, 11) is 0. The van der Waals surface area contributed by atoms with E-state index in [0.717, 1.165) is 19.3 Å². The number of carbonyl (C=O) groups is 2. The molecule has 0 aromatic rings. The second-order valence-electron chi connectivity index (χ2n) is 11.5. The molecule has 2 fully saturated rings. The van der Waals surface area contributed by atoms with Crippen LogP contribution >= 0.6 is 0 Å². The van der Waals surface area contributed by atoms with E-state index < -0.39 is 0 Å². The molecule has 2 nitrogen and oxygen atoms in total. The van der Waals surface area contributed by atoms with Gasteiger partial charge in [-0.25, -0.2) is 0 Å². The van der Waals surface area contributed by atoms with Gasteiger partial charge < -0.3 is 0 Å². The normalized spacial score (nSPS) is 42.1. The van der Waals surface area contributed by atoms with Gasteiger partial charge in [-0.2, -0.15) is 0 Å². The minimum Gasteiger partial charge on any atom is -0.299 e. The molecule has 0 radical (unpaired) electrons. The highest BCUT2D eigenvalue weighted by Crippen LogP contribution is 2.66. The van der Waals surface area contributed by atoms with Crippen molar-refractivity contribution >= 4 is 11.6 Å². The topological polar surface area (TPSA) is 34.1 Å². The van der Waals surface area contributed by atoms with Crippen molar-refractivity contribution in [1.29, 1.82) is 0 Å². The first-order valence-corrected chi connectivity index (χ1v) is 12.1. The Bertz CT molecular complexity index is 744. The molecule has 4 aliphatic carbocycles.